The predicted molar refractivity (Wildman–Crippen MR) is 107 cm³/mol. The first-order valence-electron chi connectivity index (χ1n) is 9.76. The number of benzene rings is 1. The van der Waals surface area contributed by atoms with E-state index in [1.54, 1.807) is 18.2 Å². The number of nitrogens with two attached hydrogens (primary N) is 1. The fourth-order valence-corrected chi connectivity index (χ4v) is 4.79. The van der Waals surface area contributed by atoms with E-state index in [1.165, 1.54) is 0 Å². The van der Waals surface area contributed by atoms with Crippen molar-refractivity contribution in [2.75, 3.05) is 5.73 Å². The van der Waals surface area contributed by atoms with E-state index in [0.717, 1.165) is 5.56 Å². The van der Waals surface area contributed by atoms with Crippen molar-refractivity contribution in [1.29, 1.82) is 0 Å². The molecule has 1 aliphatic heterocycles. The highest BCUT2D eigenvalue weighted by atomic mass is 16.5. The van der Waals surface area contributed by atoms with Crippen molar-refractivity contribution < 1.29 is 19.4 Å². The maximum Gasteiger partial charge on any atom is 0.163 e. The minimum atomic E-state index is -0.591. The summed E-state index contributed by atoms with van der Waals surface area (Å²) in [6, 6.07) is 5.28. The Labute approximate surface area is 165 Å². The highest BCUT2D eigenvalue weighted by molar-refractivity contribution is 6.06. The van der Waals surface area contributed by atoms with E-state index in [4.69, 9.17) is 10.5 Å². The molecule has 3 aliphatic rings. The molecule has 1 heterocycles. The van der Waals surface area contributed by atoms with E-state index in [2.05, 4.69) is 0 Å². The number of carbonyl (C=O) groups excluding carboxylic acids is 2. The lowest BCUT2D eigenvalue weighted by Crippen LogP contribution is -2.36. The molecule has 0 radical (unpaired) electrons. The summed E-state index contributed by atoms with van der Waals surface area (Å²) >= 11 is 0. The molecule has 4 rings (SSSR count). The number of rotatable bonds is 1. The van der Waals surface area contributed by atoms with Gasteiger partial charge < -0.3 is 15.6 Å². The van der Waals surface area contributed by atoms with Gasteiger partial charge in [-0.25, -0.2) is 0 Å². The molecular formula is C23H27NO4. The Morgan fingerprint density at radius 1 is 0.964 bits per heavy atom. The number of ether oxygens (including phenoxy) is 1. The number of nitrogen functional groups attached to an aromatic ring is 1. The van der Waals surface area contributed by atoms with Crippen molar-refractivity contribution in [3.8, 4) is 5.75 Å². The van der Waals surface area contributed by atoms with Gasteiger partial charge in [0.1, 0.15) is 17.3 Å². The van der Waals surface area contributed by atoms with Crippen LogP contribution in [0.2, 0.25) is 0 Å². The smallest absolute Gasteiger partial charge is 0.163 e. The first-order valence-corrected chi connectivity index (χ1v) is 9.76. The van der Waals surface area contributed by atoms with Crippen LogP contribution in [0.3, 0.4) is 0 Å². The Bertz CT molecular complexity index is 965. The second-order valence-electron chi connectivity index (χ2n) is 9.91. The molecule has 0 spiro atoms. The van der Waals surface area contributed by atoms with Crippen LogP contribution in [0.15, 0.2) is 40.9 Å². The van der Waals surface area contributed by atoms with E-state index in [9.17, 15) is 14.7 Å². The molecule has 3 N–H and O–H groups in total. The molecule has 1 aromatic rings. The average molecular weight is 381 g/mol. The van der Waals surface area contributed by atoms with Gasteiger partial charge in [0.2, 0.25) is 0 Å². The standard InChI is InChI=1S/C23H27NO4/c1-22(2)8-14(25)20(15(26)9-22)19-13-6-5-12(24)7-17(13)28-18-11-23(3,4)10-16(27)21(18)19/h5-7,19,25H,8-11,24H2,1-4H3. The van der Waals surface area contributed by atoms with Crippen molar-refractivity contribution in [3.05, 3.63) is 46.4 Å². The van der Waals surface area contributed by atoms with Gasteiger partial charge in [-0.3, -0.25) is 9.59 Å². The highest BCUT2D eigenvalue weighted by Crippen LogP contribution is 2.53. The van der Waals surface area contributed by atoms with Gasteiger partial charge in [0.05, 0.1) is 5.92 Å². The molecule has 0 amide bonds. The van der Waals surface area contributed by atoms with Gasteiger partial charge in [-0.2, -0.15) is 0 Å². The van der Waals surface area contributed by atoms with Gasteiger partial charge in [-0.15, -0.1) is 0 Å². The Morgan fingerprint density at radius 2 is 1.57 bits per heavy atom. The topological polar surface area (TPSA) is 89.6 Å². The zero-order valence-electron chi connectivity index (χ0n) is 16.9. The van der Waals surface area contributed by atoms with Crippen molar-refractivity contribution >= 4 is 17.3 Å². The van der Waals surface area contributed by atoms with Crippen LogP contribution < -0.4 is 10.5 Å². The van der Waals surface area contributed by atoms with Crippen LogP contribution in [-0.4, -0.2) is 16.7 Å². The van der Waals surface area contributed by atoms with Gasteiger partial charge in [0.15, 0.2) is 11.6 Å². The number of anilines is 1. The van der Waals surface area contributed by atoms with Crippen LogP contribution >= 0.6 is 0 Å². The fraction of sp³-hybridized carbons (Fsp3) is 0.478. The normalized spacial score (nSPS) is 25.9. The molecule has 0 bridgehead atoms. The molecule has 2 aliphatic carbocycles. The SMILES string of the molecule is CC1(C)CC(=O)C(C2C3=C(CC(C)(C)CC3=O)Oc3cc(N)ccc32)=C(O)C1. The summed E-state index contributed by atoms with van der Waals surface area (Å²) in [5, 5.41) is 10.8. The molecule has 5 heteroatoms. The molecule has 28 heavy (non-hydrogen) atoms. The molecule has 0 saturated carbocycles. The molecule has 0 fully saturated rings. The zero-order valence-corrected chi connectivity index (χ0v) is 16.9. The third kappa shape index (κ3) is 3.03. The Balaban J connectivity index is 1.95. The molecule has 1 aromatic carbocycles. The van der Waals surface area contributed by atoms with E-state index in [1.807, 2.05) is 27.7 Å². The van der Waals surface area contributed by atoms with Crippen molar-refractivity contribution in [2.24, 2.45) is 10.8 Å². The first kappa shape index (κ1) is 18.8. The van der Waals surface area contributed by atoms with Gasteiger partial charge in [-0.05, 0) is 16.9 Å². The summed E-state index contributed by atoms with van der Waals surface area (Å²) in [5.74, 6) is 0.533. The fourth-order valence-electron chi connectivity index (χ4n) is 4.79. The van der Waals surface area contributed by atoms with Crippen LogP contribution in [0, 0.1) is 10.8 Å². The number of fused-ring (bicyclic) bond motifs is 1. The lowest BCUT2D eigenvalue weighted by Gasteiger charge is -2.40. The van der Waals surface area contributed by atoms with Gasteiger partial charge in [-0.1, -0.05) is 33.8 Å². The average Bonchev–Trinajstić information content (AvgIpc) is 2.50. The number of aliphatic hydroxyl groups excluding tert-OH is 1. The Kier molecular flexibility index (Phi) is 4.00. The number of aliphatic hydroxyl groups is 1. The summed E-state index contributed by atoms with van der Waals surface area (Å²) in [7, 11) is 0. The van der Waals surface area contributed by atoms with Crippen LogP contribution in [-0.2, 0) is 9.59 Å². The third-order valence-corrected chi connectivity index (χ3v) is 5.93. The molecule has 0 aromatic heterocycles. The van der Waals surface area contributed by atoms with Crippen molar-refractivity contribution in [2.45, 2.75) is 59.3 Å². The summed E-state index contributed by atoms with van der Waals surface area (Å²) < 4.78 is 6.12. The lowest BCUT2D eigenvalue weighted by atomic mass is 9.66. The minimum absolute atomic E-state index is 0.0170. The third-order valence-electron chi connectivity index (χ3n) is 5.93. The zero-order chi connectivity index (χ0) is 20.4. The second-order valence-corrected chi connectivity index (χ2v) is 9.91. The number of carbonyl (C=O) groups is 2. The van der Waals surface area contributed by atoms with E-state index in [-0.39, 0.29) is 28.2 Å². The Morgan fingerprint density at radius 3 is 2.21 bits per heavy atom. The number of ketones is 2. The summed E-state index contributed by atoms with van der Waals surface area (Å²) in [6.07, 6.45) is 1.75. The minimum Gasteiger partial charge on any atom is -0.512 e. The maximum atomic E-state index is 13.1. The quantitative estimate of drug-likeness (QED) is 0.695. The molecular weight excluding hydrogens is 354 g/mol. The monoisotopic (exact) mass is 381 g/mol. The maximum absolute atomic E-state index is 13.1. The largest absolute Gasteiger partial charge is 0.512 e. The van der Waals surface area contributed by atoms with Gasteiger partial charge in [0, 0.05) is 54.1 Å². The van der Waals surface area contributed by atoms with Gasteiger partial charge >= 0.3 is 0 Å². The van der Waals surface area contributed by atoms with Crippen LogP contribution in [0.25, 0.3) is 0 Å². The van der Waals surface area contributed by atoms with Crippen LogP contribution in [0.5, 0.6) is 5.75 Å². The molecule has 148 valence electrons. The van der Waals surface area contributed by atoms with E-state index < -0.39 is 5.92 Å². The van der Waals surface area contributed by atoms with Crippen LogP contribution in [0.1, 0.15) is 64.9 Å². The highest BCUT2D eigenvalue weighted by Gasteiger charge is 2.46. The van der Waals surface area contributed by atoms with E-state index >= 15 is 0 Å². The number of hydrogen-bond acceptors (Lipinski definition) is 5. The predicted octanol–water partition coefficient (Wildman–Crippen LogP) is 4.59. The molecule has 0 saturated heterocycles. The van der Waals surface area contributed by atoms with Crippen molar-refractivity contribution in [1.82, 2.24) is 0 Å². The Hall–Kier alpha value is -2.56. The first-order chi connectivity index (χ1) is 13.0. The van der Waals surface area contributed by atoms with Crippen LogP contribution in [0.4, 0.5) is 5.69 Å². The molecule has 5 nitrogen and oxygen atoms in total. The lowest BCUT2D eigenvalue weighted by molar-refractivity contribution is -0.119. The molecule has 1 unspecified atom stereocenters. The molecule has 1 atom stereocenters. The summed E-state index contributed by atoms with van der Waals surface area (Å²) in [5.41, 5.74) is 7.57. The van der Waals surface area contributed by atoms with Crippen molar-refractivity contribution in [3.63, 3.8) is 0 Å². The number of hydrogen-bond donors (Lipinski definition) is 2. The summed E-state index contributed by atoms with van der Waals surface area (Å²) in [4.78, 5) is 26.2. The van der Waals surface area contributed by atoms with Gasteiger partial charge in [0.25, 0.3) is 0 Å². The summed E-state index contributed by atoms with van der Waals surface area (Å²) in [6.45, 7) is 8.00. The second kappa shape index (κ2) is 5.97. The number of allylic oxidation sites excluding steroid dienone is 4. The number of Topliss-reactive ketones (excluding diaryl/α,β-unsaturated/α-hetero) is 2. The van der Waals surface area contributed by atoms with E-state index in [0.29, 0.717) is 54.0 Å².